The van der Waals surface area contributed by atoms with Gasteiger partial charge in [-0.05, 0) is 29.8 Å². The zero-order valence-electron chi connectivity index (χ0n) is 17.9. The van der Waals surface area contributed by atoms with Gasteiger partial charge in [0.05, 0.1) is 13.1 Å². The number of benzene rings is 1. The Kier molecular flexibility index (Phi) is 4.06. The first-order valence-electron chi connectivity index (χ1n) is 10.9. The number of pyridine rings is 2. The van der Waals surface area contributed by atoms with E-state index in [1.165, 1.54) is 0 Å². The maximum absolute atomic E-state index is 8.09. The van der Waals surface area contributed by atoms with Crippen molar-refractivity contribution < 1.29 is 1.37 Å². The lowest BCUT2D eigenvalue weighted by atomic mass is 10.0. The summed E-state index contributed by atoms with van der Waals surface area (Å²) in [7, 11) is 0. The molecule has 5 aromatic rings. The van der Waals surface area contributed by atoms with E-state index in [1.807, 2.05) is 42.9 Å². The third kappa shape index (κ3) is 3.19. The summed E-state index contributed by atoms with van der Waals surface area (Å²) in [5, 5.41) is 8.89. The van der Waals surface area contributed by atoms with Gasteiger partial charge in [0, 0.05) is 73.0 Å². The van der Waals surface area contributed by atoms with Crippen LogP contribution in [-0.2, 0) is 0 Å². The van der Waals surface area contributed by atoms with E-state index in [0.717, 1.165) is 70.8 Å². The van der Waals surface area contributed by atoms with Gasteiger partial charge in [-0.1, -0.05) is 18.2 Å². The molecular weight excluding hydrogens is 386 g/mol. The number of nitrogens with zero attached hydrogens (tertiary/aromatic N) is 6. The van der Waals surface area contributed by atoms with Crippen LogP contribution in [0.15, 0.2) is 73.4 Å². The molecule has 1 fully saturated rings. The van der Waals surface area contributed by atoms with Gasteiger partial charge in [-0.15, -0.1) is 0 Å². The minimum atomic E-state index is 0.227. The monoisotopic (exact) mass is 408 g/mol. The Morgan fingerprint density at radius 3 is 2.58 bits per heavy atom. The van der Waals surface area contributed by atoms with Crippen molar-refractivity contribution >= 4 is 22.4 Å². The van der Waals surface area contributed by atoms with E-state index < -0.39 is 0 Å². The molecule has 152 valence electrons. The number of rotatable bonds is 3. The van der Waals surface area contributed by atoms with Crippen molar-refractivity contribution in [1.82, 2.24) is 29.9 Å². The van der Waals surface area contributed by atoms with Gasteiger partial charge in [-0.3, -0.25) is 4.98 Å². The smallest absolute Gasteiger partial charge is 0.162 e. The zero-order chi connectivity index (χ0) is 21.5. The number of anilines is 1. The first-order valence-corrected chi connectivity index (χ1v) is 10.4. The second-order valence-corrected chi connectivity index (χ2v) is 7.63. The Bertz CT molecular complexity index is 1420. The quantitative estimate of drug-likeness (QED) is 0.493. The number of fused-ring (bicyclic) bond motifs is 2. The van der Waals surface area contributed by atoms with Gasteiger partial charge >= 0.3 is 0 Å². The van der Waals surface area contributed by atoms with E-state index in [4.69, 9.17) is 6.35 Å². The van der Waals surface area contributed by atoms with Crippen molar-refractivity contribution in [2.24, 2.45) is 0 Å². The van der Waals surface area contributed by atoms with Crippen LogP contribution < -0.4 is 10.2 Å². The lowest BCUT2D eigenvalue weighted by Crippen LogP contribution is -2.43. The minimum absolute atomic E-state index is 0.227. The lowest BCUT2D eigenvalue weighted by Gasteiger charge is -2.28. The summed E-state index contributed by atoms with van der Waals surface area (Å²) in [5.41, 5.74) is 5.29. The molecule has 7 nitrogen and oxygen atoms in total. The van der Waals surface area contributed by atoms with Gasteiger partial charge in [0.25, 0.3) is 0 Å². The largest absolute Gasteiger partial charge is 0.354 e. The Balaban J connectivity index is 1.37. The molecule has 1 aliphatic heterocycles. The molecule has 0 saturated carbocycles. The maximum Gasteiger partial charge on any atom is 0.162 e. The fraction of sp³-hybridized carbons (Fsp3) is 0.167. The van der Waals surface area contributed by atoms with E-state index in [0.29, 0.717) is 0 Å². The van der Waals surface area contributed by atoms with Crippen LogP contribution in [0.2, 0.25) is 0 Å². The molecule has 4 aromatic heterocycles. The molecular formula is C24H21N7. The summed E-state index contributed by atoms with van der Waals surface area (Å²) in [6.45, 7) is 3.92. The molecule has 0 amide bonds. The number of piperazine rings is 1. The highest BCUT2D eigenvalue weighted by molar-refractivity contribution is 5.97. The summed E-state index contributed by atoms with van der Waals surface area (Å²) >= 11 is 0. The van der Waals surface area contributed by atoms with Crippen LogP contribution >= 0.6 is 0 Å². The van der Waals surface area contributed by atoms with Crippen LogP contribution in [0.25, 0.3) is 38.8 Å². The van der Waals surface area contributed by atoms with Crippen LogP contribution in [-0.4, -0.2) is 50.7 Å². The third-order valence-corrected chi connectivity index (χ3v) is 5.76. The maximum atomic E-state index is 8.09. The van der Waals surface area contributed by atoms with Crippen LogP contribution in [0.3, 0.4) is 0 Å². The number of nitrogens with one attached hydrogen (secondary N) is 1. The molecule has 1 aliphatic rings. The topological polar surface area (TPSA) is 71.2 Å². The van der Waals surface area contributed by atoms with Crippen LogP contribution in [0.5, 0.6) is 0 Å². The van der Waals surface area contributed by atoms with Crippen LogP contribution in [0.1, 0.15) is 1.37 Å². The third-order valence-electron chi connectivity index (χ3n) is 5.76. The van der Waals surface area contributed by atoms with Crippen molar-refractivity contribution in [2.45, 2.75) is 0 Å². The Morgan fingerprint density at radius 2 is 1.71 bits per heavy atom. The lowest BCUT2D eigenvalue weighted by molar-refractivity contribution is 0.585. The molecule has 1 N–H and O–H groups in total. The summed E-state index contributed by atoms with van der Waals surface area (Å²) in [6.07, 6.45) is 7.75. The molecule has 0 unspecified atom stereocenters. The van der Waals surface area contributed by atoms with Crippen molar-refractivity contribution in [3.05, 3.63) is 73.4 Å². The van der Waals surface area contributed by atoms with Crippen LogP contribution in [0, 0.1) is 0 Å². The standard InChI is InChI=1S/C24H21N7/c1-2-4-22-20(3-1)19(7-8-26-22)21-15-29-31-16-18(14-28-24(21)31)17-5-6-23(27-13-17)30-11-9-25-10-12-30/h1-8,13-16,25H,9-12H2/i8D. The van der Waals surface area contributed by atoms with E-state index in [1.54, 1.807) is 16.8 Å². The predicted molar refractivity (Wildman–Crippen MR) is 122 cm³/mol. The SMILES string of the molecule is [2H]c1cc(-c2cnn3cc(-c4ccc(N5CCNCC5)nc4)cnc23)c2ccccc2n1. The van der Waals surface area contributed by atoms with E-state index in [-0.39, 0.29) is 6.17 Å². The van der Waals surface area contributed by atoms with Crippen molar-refractivity contribution in [3.63, 3.8) is 0 Å². The number of aromatic nitrogens is 5. The van der Waals surface area contributed by atoms with E-state index in [2.05, 4.69) is 37.4 Å². The van der Waals surface area contributed by atoms with Gasteiger partial charge < -0.3 is 10.2 Å². The molecule has 0 spiro atoms. The molecule has 5 heterocycles. The highest BCUT2D eigenvalue weighted by Gasteiger charge is 2.14. The molecule has 0 atom stereocenters. The average Bonchev–Trinajstić information content (AvgIpc) is 3.27. The summed E-state index contributed by atoms with van der Waals surface area (Å²) in [6, 6.07) is 13.8. The number of hydrogen-bond donors (Lipinski definition) is 1. The fourth-order valence-electron chi connectivity index (χ4n) is 4.12. The summed E-state index contributed by atoms with van der Waals surface area (Å²) < 4.78 is 9.88. The first-order chi connectivity index (χ1) is 15.8. The molecule has 31 heavy (non-hydrogen) atoms. The number of hydrogen-bond acceptors (Lipinski definition) is 6. The fourth-order valence-corrected chi connectivity index (χ4v) is 4.12. The van der Waals surface area contributed by atoms with Crippen LogP contribution in [0.4, 0.5) is 5.82 Å². The molecule has 7 heteroatoms. The molecule has 0 bridgehead atoms. The van der Waals surface area contributed by atoms with E-state index in [9.17, 15) is 0 Å². The van der Waals surface area contributed by atoms with Crippen molar-refractivity contribution in [3.8, 4) is 22.3 Å². The molecule has 0 aliphatic carbocycles. The van der Waals surface area contributed by atoms with Gasteiger partial charge in [0.15, 0.2) is 5.65 Å². The summed E-state index contributed by atoms with van der Waals surface area (Å²) in [5.74, 6) is 1.00. The molecule has 6 rings (SSSR count). The predicted octanol–water partition coefficient (Wildman–Crippen LogP) is 3.42. The Hall–Kier alpha value is -3.84. The van der Waals surface area contributed by atoms with Crippen molar-refractivity contribution in [2.75, 3.05) is 31.1 Å². The molecule has 0 radical (unpaired) electrons. The van der Waals surface area contributed by atoms with Gasteiger partial charge in [0.1, 0.15) is 5.82 Å². The Morgan fingerprint density at radius 1 is 0.839 bits per heavy atom. The normalized spacial score (nSPS) is 14.8. The number of para-hydroxylation sites is 1. The highest BCUT2D eigenvalue weighted by Crippen LogP contribution is 2.30. The van der Waals surface area contributed by atoms with Gasteiger partial charge in [0.2, 0.25) is 0 Å². The van der Waals surface area contributed by atoms with Gasteiger partial charge in [-0.25, -0.2) is 14.5 Å². The summed E-state index contributed by atoms with van der Waals surface area (Å²) in [4.78, 5) is 16.0. The minimum Gasteiger partial charge on any atom is -0.354 e. The zero-order valence-corrected chi connectivity index (χ0v) is 16.9. The average molecular weight is 408 g/mol. The van der Waals surface area contributed by atoms with E-state index >= 15 is 0 Å². The molecule has 1 saturated heterocycles. The second-order valence-electron chi connectivity index (χ2n) is 7.63. The first kappa shape index (κ1) is 16.9. The van der Waals surface area contributed by atoms with Crippen molar-refractivity contribution in [1.29, 1.82) is 0 Å². The van der Waals surface area contributed by atoms with Gasteiger partial charge in [-0.2, -0.15) is 5.10 Å². The highest BCUT2D eigenvalue weighted by atomic mass is 15.2. The second kappa shape index (κ2) is 7.45. The Labute approximate surface area is 180 Å². The molecule has 1 aromatic carbocycles.